The number of hydrogen-bond donors (Lipinski definition) is 3. The molecule has 21 heavy (non-hydrogen) atoms. The number of aliphatic hydroxyl groups is 1. The maximum absolute atomic E-state index is 12.8. The molecule has 116 valence electrons. The van der Waals surface area contributed by atoms with Gasteiger partial charge in [-0.2, -0.15) is 0 Å². The fourth-order valence-corrected chi connectivity index (χ4v) is 2.91. The van der Waals surface area contributed by atoms with Crippen molar-refractivity contribution in [2.45, 2.75) is 44.2 Å². The first-order valence-corrected chi connectivity index (χ1v) is 7.40. The lowest BCUT2D eigenvalue weighted by molar-refractivity contribution is -0.128. The molecule has 0 saturated heterocycles. The van der Waals surface area contributed by atoms with Crippen LogP contribution in [-0.2, 0) is 4.79 Å². The first-order valence-electron chi connectivity index (χ1n) is 7.40. The Labute approximate surface area is 124 Å². The van der Waals surface area contributed by atoms with E-state index in [1.54, 1.807) is 0 Å². The van der Waals surface area contributed by atoms with Gasteiger partial charge in [-0.15, -0.1) is 0 Å². The summed E-state index contributed by atoms with van der Waals surface area (Å²) in [6.45, 7) is 2.02. The molecule has 0 spiro atoms. The van der Waals surface area contributed by atoms with Crippen molar-refractivity contribution >= 4 is 5.91 Å². The molecular weight excluding hydrogens is 271 g/mol. The molecule has 1 aliphatic carbocycles. The van der Waals surface area contributed by atoms with Gasteiger partial charge in [0.1, 0.15) is 5.82 Å². The van der Waals surface area contributed by atoms with E-state index in [2.05, 4.69) is 5.32 Å². The highest BCUT2D eigenvalue weighted by molar-refractivity contribution is 5.80. The molecule has 4 N–H and O–H groups in total. The smallest absolute Gasteiger partial charge is 0.225 e. The molecule has 1 saturated carbocycles. The van der Waals surface area contributed by atoms with E-state index >= 15 is 0 Å². The number of benzene rings is 1. The number of aliphatic hydroxyl groups excluding tert-OH is 1. The van der Waals surface area contributed by atoms with E-state index in [0.29, 0.717) is 5.56 Å². The summed E-state index contributed by atoms with van der Waals surface area (Å²) in [6.07, 6.45) is 2.83. The second-order valence-corrected chi connectivity index (χ2v) is 6.12. The van der Waals surface area contributed by atoms with Crippen LogP contribution in [-0.4, -0.2) is 23.1 Å². The molecule has 1 amide bonds. The summed E-state index contributed by atoms with van der Waals surface area (Å²) in [5.74, 6) is -0.677. The average Bonchev–Trinajstić information content (AvgIpc) is 2.44. The molecule has 0 aromatic heterocycles. The molecule has 1 aromatic rings. The SMILES string of the molecule is CC1(N)CCCCC1C(=O)NCC(O)c1ccc(F)cc1. The molecule has 1 aromatic carbocycles. The molecular formula is C16H23FN2O2. The lowest BCUT2D eigenvalue weighted by Gasteiger charge is -2.37. The lowest BCUT2D eigenvalue weighted by atomic mass is 9.74. The molecule has 3 atom stereocenters. The molecule has 3 unspecified atom stereocenters. The summed E-state index contributed by atoms with van der Waals surface area (Å²) in [5, 5.41) is 12.8. The van der Waals surface area contributed by atoms with Crippen molar-refractivity contribution in [2.24, 2.45) is 11.7 Å². The second kappa shape index (κ2) is 6.54. The third kappa shape index (κ3) is 4.02. The fourth-order valence-electron chi connectivity index (χ4n) is 2.91. The topological polar surface area (TPSA) is 75.4 Å². The molecule has 1 fully saturated rings. The molecule has 0 bridgehead atoms. The summed E-state index contributed by atoms with van der Waals surface area (Å²) in [7, 11) is 0. The predicted octanol–water partition coefficient (Wildman–Crippen LogP) is 1.88. The summed E-state index contributed by atoms with van der Waals surface area (Å²) >= 11 is 0. The van der Waals surface area contributed by atoms with Crippen molar-refractivity contribution in [2.75, 3.05) is 6.54 Å². The van der Waals surface area contributed by atoms with Crippen LogP contribution < -0.4 is 11.1 Å². The van der Waals surface area contributed by atoms with Crippen LogP contribution >= 0.6 is 0 Å². The molecule has 4 nitrogen and oxygen atoms in total. The highest BCUT2D eigenvalue weighted by Crippen LogP contribution is 2.31. The molecule has 0 heterocycles. The number of amides is 1. The molecule has 0 radical (unpaired) electrons. The van der Waals surface area contributed by atoms with Gasteiger partial charge in [-0.05, 0) is 37.5 Å². The predicted molar refractivity (Wildman–Crippen MR) is 78.9 cm³/mol. The zero-order chi connectivity index (χ0) is 15.5. The summed E-state index contributed by atoms with van der Waals surface area (Å²) in [5.41, 5.74) is 6.29. The number of carbonyl (C=O) groups excluding carboxylic acids is 1. The highest BCUT2D eigenvalue weighted by Gasteiger charge is 2.37. The van der Waals surface area contributed by atoms with Gasteiger partial charge in [0.25, 0.3) is 0 Å². The molecule has 5 heteroatoms. The Balaban J connectivity index is 1.90. The van der Waals surface area contributed by atoms with Crippen LogP contribution in [0.1, 0.15) is 44.3 Å². The third-order valence-electron chi connectivity index (χ3n) is 4.30. The summed E-state index contributed by atoms with van der Waals surface area (Å²) in [6, 6.07) is 5.61. The van der Waals surface area contributed by atoms with Crippen molar-refractivity contribution in [3.8, 4) is 0 Å². The Morgan fingerprint density at radius 1 is 1.48 bits per heavy atom. The van der Waals surface area contributed by atoms with Crippen LogP contribution in [0, 0.1) is 11.7 Å². The Morgan fingerprint density at radius 3 is 2.76 bits per heavy atom. The quantitative estimate of drug-likeness (QED) is 0.793. The van der Waals surface area contributed by atoms with Crippen molar-refractivity contribution in [1.29, 1.82) is 0 Å². The number of carbonyl (C=O) groups is 1. The van der Waals surface area contributed by atoms with Gasteiger partial charge >= 0.3 is 0 Å². The maximum Gasteiger partial charge on any atom is 0.225 e. The first kappa shape index (κ1) is 15.9. The van der Waals surface area contributed by atoms with E-state index in [4.69, 9.17) is 5.73 Å². The number of halogens is 1. The molecule has 0 aliphatic heterocycles. The number of rotatable bonds is 4. The normalized spacial score (nSPS) is 27.1. The van der Waals surface area contributed by atoms with Gasteiger partial charge in [0.15, 0.2) is 0 Å². The highest BCUT2D eigenvalue weighted by atomic mass is 19.1. The largest absolute Gasteiger partial charge is 0.387 e. The molecule has 1 aliphatic rings. The van der Waals surface area contributed by atoms with Gasteiger partial charge < -0.3 is 16.2 Å². The van der Waals surface area contributed by atoms with E-state index < -0.39 is 11.6 Å². The van der Waals surface area contributed by atoms with Crippen LogP contribution in [0.15, 0.2) is 24.3 Å². The maximum atomic E-state index is 12.8. The van der Waals surface area contributed by atoms with E-state index in [9.17, 15) is 14.3 Å². The number of nitrogens with two attached hydrogens (primary N) is 1. The van der Waals surface area contributed by atoms with Gasteiger partial charge in [-0.3, -0.25) is 4.79 Å². The van der Waals surface area contributed by atoms with Gasteiger partial charge in [-0.1, -0.05) is 25.0 Å². The van der Waals surface area contributed by atoms with Crippen molar-refractivity contribution in [1.82, 2.24) is 5.32 Å². The van der Waals surface area contributed by atoms with E-state index in [0.717, 1.165) is 25.7 Å². The van der Waals surface area contributed by atoms with Gasteiger partial charge in [0.05, 0.1) is 12.0 Å². The van der Waals surface area contributed by atoms with Crippen LogP contribution in [0.5, 0.6) is 0 Å². The van der Waals surface area contributed by atoms with Crippen LogP contribution in [0.25, 0.3) is 0 Å². The first-order chi connectivity index (χ1) is 9.90. The van der Waals surface area contributed by atoms with E-state index in [-0.39, 0.29) is 24.2 Å². The van der Waals surface area contributed by atoms with E-state index in [1.165, 1.54) is 24.3 Å². The summed E-state index contributed by atoms with van der Waals surface area (Å²) < 4.78 is 12.8. The number of nitrogens with one attached hydrogen (secondary N) is 1. The summed E-state index contributed by atoms with van der Waals surface area (Å²) in [4.78, 5) is 12.2. The average molecular weight is 294 g/mol. The van der Waals surface area contributed by atoms with Crippen LogP contribution in [0.2, 0.25) is 0 Å². The Kier molecular flexibility index (Phi) is 4.96. The Morgan fingerprint density at radius 2 is 2.14 bits per heavy atom. The fraction of sp³-hybridized carbons (Fsp3) is 0.562. The van der Waals surface area contributed by atoms with Crippen LogP contribution in [0.4, 0.5) is 4.39 Å². The van der Waals surface area contributed by atoms with Gasteiger partial charge in [-0.25, -0.2) is 4.39 Å². The van der Waals surface area contributed by atoms with Crippen LogP contribution in [0.3, 0.4) is 0 Å². The standard InChI is InChI=1S/C16H23FN2O2/c1-16(18)9-3-2-4-13(16)15(21)19-10-14(20)11-5-7-12(17)8-6-11/h5-8,13-14,20H,2-4,9-10,18H2,1H3,(H,19,21). The van der Waals surface area contributed by atoms with Crippen molar-refractivity contribution in [3.63, 3.8) is 0 Å². The minimum Gasteiger partial charge on any atom is -0.387 e. The minimum atomic E-state index is -0.845. The minimum absolute atomic E-state index is 0.108. The number of hydrogen-bond acceptors (Lipinski definition) is 3. The van der Waals surface area contributed by atoms with Crippen molar-refractivity contribution < 1.29 is 14.3 Å². The third-order valence-corrected chi connectivity index (χ3v) is 4.30. The zero-order valence-corrected chi connectivity index (χ0v) is 12.3. The lowest BCUT2D eigenvalue weighted by Crippen LogP contribution is -2.53. The van der Waals surface area contributed by atoms with Gasteiger partial charge in [0, 0.05) is 12.1 Å². The monoisotopic (exact) mass is 294 g/mol. The van der Waals surface area contributed by atoms with E-state index in [1.807, 2.05) is 6.92 Å². The van der Waals surface area contributed by atoms with Crippen molar-refractivity contribution in [3.05, 3.63) is 35.6 Å². The zero-order valence-electron chi connectivity index (χ0n) is 12.3. The second-order valence-electron chi connectivity index (χ2n) is 6.12. The Bertz CT molecular complexity index is 488. The van der Waals surface area contributed by atoms with Gasteiger partial charge in [0.2, 0.25) is 5.91 Å². The molecule has 2 rings (SSSR count). The Hall–Kier alpha value is -1.46.